The number of halogens is 1. The van der Waals surface area contributed by atoms with Gasteiger partial charge < -0.3 is 15.6 Å². The van der Waals surface area contributed by atoms with Crippen LogP contribution in [0.1, 0.15) is 17.5 Å². The second-order valence-electron chi connectivity index (χ2n) is 6.77. The largest absolute Gasteiger partial charge is 0.387 e. The summed E-state index contributed by atoms with van der Waals surface area (Å²) in [7, 11) is 0. The lowest BCUT2D eigenvalue weighted by molar-refractivity contribution is 0.622. The molecule has 5 rings (SSSR count). The molecule has 0 bridgehead atoms. The molecule has 0 unspecified atom stereocenters. The van der Waals surface area contributed by atoms with Crippen molar-refractivity contribution >= 4 is 22.6 Å². The molecule has 1 aliphatic heterocycles. The first-order valence-corrected chi connectivity index (χ1v) is 9.34. The fraction of sp³-hybridized carbons (Fsp3) is 0.143. The summed E-state index contributed by atoms with van der Waals surface area (Å²) in [5.41, 5.74) is 5.55. The van der Waals surface area contributed by atoms with Crippen molar-refractivity contribution in [2.75, 3.05) is 11.9 Å². The number of aromatic amines is 1. The molecule has 0 saturated heterocycles. The van der Waals surface area contributed by atoms with Gasteiger partial charge in [0, 0.05) is 31.0 Å². The van der Waals surface area contributed by atoms with Gasteiger partial charge in [-0.05, 0) is 29.2 Å². The number of pyridine rings is 1. The summed E-state index contributed by atoms with van der Waals surface area (Å²) in [5, 5.41) is 6.69. The zero-order valence-corrected chi connectivity index (χ0v) is 15.5. The van der Waals surface area contributed by atoms with Crippen LogP contribution in [0.25, 0.3) is 28.1 Å². The maximum absolute atomic E-state index is 13.6. The summed E-state index contributed by atoms with van der Waals surface area (Å²) in [5.74, 6) is 0.564. The van der Waals surface area contributed by atoms with Crippen LogP contribution in [0.2, 0.25) is 0 Å². The van der Waals surface area contributed by atoms with Gasteiger partial charge in [-0.25, -0.2) is 19.3 Å². The van der Waals surface area contributed by atoms with Gasteiger partial charge in [0.25, 0.3) is 0 Å². The fourth-order valence-electron chi connectivity index (χ4n) is 3.49. The third-order valence-electron chi connectivity index (χ3n) is 4.86. The topological polar surface area (TPSA) is 91.4 Å². The maximum Gasteiger partial charge on any atom is 0.165 e. The van der Waals surface area contributed by atoms with Crippen molar-refractivity contribution in [2.45, 2.75) is 13.0 Å². The van der Waals surface area contributed by atoms with Crippen molar-refractivity contribution < 1.29 is 4.39 Å². The van der Waals surface area contributed by atoms with E-state index in [1.54, 1.807) is 12.5 Å². The van der Waals surface area contributed by atoms with Gasteiger partial charge in [0.2, 0.25) is 0 Å². The molecule has 1 aliphatic rings. The van der Waals surface area contributed by atoms with E-state index in [4.69, 9.17) is 0 Å². The van der Waals surface area contributed by atoms with Gasteiger partial charge in [0.05, 0.1) is 12.5 Å². The van der Waals surface area contributed by atoms with E-state index in [0.29, 0.717) is 34.9 Å². The number of imidazole rings is 1. The van der Waals surface area contributed by atoms with Crippen LogP contribution >= 0.6 is 0 Å². The quantitative estimate of drug-likeness (QED) is 0.486. The highest BCUT2D eigenvalue weighted by atomic mass is 19.1. The summed E-state index contributed by atoms with van der Waals surface area (Å²) in [4.78, 5) is 20.2. The first-order chi connectivity index (χ1) is 14.3. The minimum atomic E-state index is -0.430. The third kappa shape index (κ3) is 3.40. The summed E-state index contributed by atoms with van der Waals surface area (Å²) in [6.07, 6.45) is 7.15. The average molecular weight is 387 g/mol. The maximum atomic E-state index is 13.6. The summed E-state index contributed by atoms with van der Waals surface area (Å²) in [6, 6.07) is 9.76. The van der Waals surface area contributed by atoms with Crippen LogP contribution in [-0.4, -0.2) is 31.5 Å². The lowest BCUT2D eigenvalue weighted by Crippen LogP contribution is -2.15. The number of hydrogen-bond acceptors (Lipinski definition) is 6. The zero-order valence-electron chi connectivity index (χ0n) is 15.5. The molecule has 0 amide bonds. The molecular weight excluding hydrogens is 369 g/mol. The van der Waals surface area contributed by atoms with Crippen LogP contribution in [0, 0.1) is 5.82 Å². The number of fused-ring (bicyclic) bond motifs is 2. The van der Waals surface area contributed by atoms with Crippen molar-refractivity contribution in [2.24, 2.45) is 0 Å². The first-order valence-electron chi connectivity index (χ1n) is 9.34. The monoisotopic (exact) mass is 387 g/mol. The minimum absolute atomic E-state index is 0.389. The smallest absolute Gasteiger partial charge is 0.165 e. The van der Waals surface area contributed by atoms with Gasteiger partial charge in [-0.2, -0.15) is 0 Å². The van der Waals surface area contributed by atoms with E-state index < -0.39 is 5.82 Å². The van der Waals surface area contributed by atoms with E-state index in [0.717, 1.165) is 19.2 Å². The first kappa shape index (κ1) is 17.3. The second kappa shape index (κ2) is 7.31. The van der Waals surface area contributed by atoms with Gasteiger partial charge >= 0.3 is 0 Å². The Kier molecular flexibility index (Phi) is 4.36. The van der Waals surface area contributed by atoms with Gasteiger partial charge in [0.1, 0.15) is 11.3 Å². The number of nitrogens with zero attached hydrogens (tertiary/aromatic N) is 4. The molecule has 8 heteroatoms. The van der Waals surface area contributed by atoms with Gasteiger partial charge in [-0.1, -0.05) is 24.3 Å². The highest BCUT2D eigenvalue weighted by Crippen LogP contribution is 2.26. The van der Waals surface area contributed by atoms with Gasteiger partial charge in [-0.15, -0.1) is 0 Å². The predicted octanol–water partition coefficient (Wildman–Crippen LogP) is 3.50. The van der Waals surface area contributed by atoms with Crippen molar-refractivity contribution in [3.05, 3.63) is 72.2 Å². The highest BCUT2D eigenvalue weighted by Gasteiger charge is 2.14. The molecule has 0 radical (unpaired) electrons. The number of hydrogen-bond donors (Lipinski definition) is 3. The molecular formula is C21H18FN7. The molecule has 3 N–H and O–H groups in total. The number of nitrogens with one attached hydrogen (secondary N) is 3. The van der Waals surface area contributed by atoms with Crippen molar-refractivity contribution in [3.63, 3.8) is 0 Å². The number of anilines is 1. The van der Waals surface area contributed by atoms with E-state index in [9.17, 15) is 4.39 Å². The number of rotatable bonds is 5. The summed E-state index contributed by atoms with van der Waals surface area (Å²) < 4.78 is 13.6. The van der Waals surface area contributed by atoms with Crippen LogP contribution in [0.4, 0.5) is 10.2 Å². The summed E-state index contributed by atoms with van der Waals surface area (Å²) in [6.45, 7) is 1.51. The van der Waals surface area contributed by atoms with E-state index in [2.05, 4.69) is 66.0 Å². The molecule has 3 aromatic heterocycles. The van der Waals surface area contributed by atoms with E-state index in [1.807, 2.05) is 0 Å². The Labute approximate surface area is 166 Å². The summed E-state index contributed by atoms with van der Waals surface area (Å²) >= 11 is 0. The fourth-order valence-corrected chi connectivity index (χ4v) is 3.49. The Morgan fingerprint density at radius 1 is 1.14 bits per heavy atom. The second-order valence-corrected chi connectivity index (χ2v) is 6.77. The third-order valence-corrected chi connectivity index (χ3v) is 4.86. The molecule has 1 aromatic carbocycles. The molecule has 0 atom stereocenters. The molecule has 0 saturated carbocycles. The van der Waals surface area contributed by atoms with Crippen LogP contribution in [-0.2, 0) is 6.54 Å². The van der Waals surface area contributed by atoms with E-state index in [-0.39, 0.29) is 0 Å². The standard InChI is InChI=1S/C21H18FN7/c22-16-7-15(10-24-11-16)19-28-20(18-21(29-19)27-12-26-18)25-6-5-14-9-23-8-13-3-1-2-4-17(13)14/h1-4,7,9-12,23H,5-6,8H2,(H2,25,26,27,28,29). The Bertz CT molecular complexity index is 1210. The molecule has 144 valence electrons. The van der Waals surface area contributed by atoms with Crippen molar-refractivity contribution in [3.8, 4) is 11.4 Å². The Morgan fingerprint density at radius 2 is 2.07 bits per heavy atom. The highest BCUT2D eigenvalue weighted by molar-refractivity contribution is 5.84. The van der Waals surface area contributed by atoms with Crippen LogP contribution in [0.5, 0.6) is 0 Å². The molecule has 0 spiro atoms. The predicted molar refractivity (Wildman–Crippen MR) is 109 cm³/mol. The minimum Gasteiger partial charge on any atom is -0.387 e. The molecule has 7 nitrogen and oxygen atoms in total. The van der Waals surface area contributed by atoms with Crippen LogP contribution in [0.15, 0.2) is 55.3 Å². The number of H-pyrrole nitrogens is 1. The Morgan fingerprint density at radius 3 is 3.00 bits per heavy atom. The van der Waals surface area contributed by atoms with Crippen molar-refractivity contribution in [1.82, 2.24) is 30.2 Å². The zero-order chi connectivity index (χ0) is 19.6. The van der Waals surface area contributed by atoms with E-state index in [1.165, 1.54) is 22.8 Å². The number of benzene rings is 1. The Balaban J connectivity index is 1.39. The molecule has 29 heavy (non-hydrogen) atoms. The van der Waals surface area contributed by atoms with Gasteiger partial charge in [-0.3, -0.25) is 4.98 Å². The van der Waals surface area contributed by atoms with Crippen molar-refractivity contribution in [1.29, 1.82) is 0 Å². The number of aromatic nitrogens is 5. The average Bonchev–Trinajstić information content (AvgIpc) is 3.23. The molecule has 0 fully saturated rings. The molecule has 4 heterocycles. The SMILES string of the molecule is Fc1cncc(-c2nc(NCCC3=CNCc4ccccc43)c3nc[nH]c3n2)c1. The van der Waals surface area contributed by atoms with Crippen LogP contribution in [0.3, 0.4) is 0 Å². The van der Waals surface area contributed by atoms with Crippen LogP contribution < -0.4 is 10.6 Å². The van der Waals surface area contributed by atoms with Gasteiger partial charge in [0.15, 0.2) is 17.3 Å². The molecule has 4 aromatic rings. The lowest BCUT2D eigenvalue weighted by Gasteiger charge is -2.19. The normalized spacial score (nSPS) is 12.9. The Hall–Kier alpha value is -3.81. The van der Waals surface area contributed by atoms with E-state index >= 15 is 0 Å². The lowest BCUT2D eigenvalue weighted by atomic mass is 9.96. The molecule has 0 aliphatic carbocycles.